The molecular weight excluding hydrogens is 383 g/mol. The second-order valence-electron chi connectivity index (χ2n) is 6.76. The number of amides is 2. The van der Waals surface area contributed by atoms with E-state index in [1.807, 2.05) is 43.3 Å². The van der Waals surface area contributed by atoms with Crippen molar-refractivity contribution in [1.29, 1.82) is 0 Å². The SMILES string of the molecule is CC(NC(=O)C(c1ccccc1)N1CCCCC1=O)c1ccc(Cl)c(Cl)c1. The van der Waals surface area contributed by atoms with Gasteiger partial charge in [0.15, 0.2) is 0 Å². The van der Waals surface area contributed by atoms with Gasteiger partial charge in [-0.3, -0.25) is 9.59 Å². The Morgan fingerprint density at radius 1 is 1.04 bits per heavy atom. The number of piperidine rings is 1. The van der Waals surface area contributed by atoms with E-state index in [4.69, 9.17) is 23.2 Å². The van der Waals surface area contributed by atoms with Crippen molar-refractivity contribution >= 4 is 35.0 Å². The van der Waals surface area contributed by atoms with Crippen LogP contribution in [0, 0.1) is 0 Å². The van der Waals surface area contributed by atoms with Gasteiger partial charge in [-0.05, 0) is 43.0 Å². The third kappa shape index (κ3) is 4.63. The maximum Gasteiger partial charge on any atom is 0.247 e. The highest BCUT2D eigenvalue weighted by Gasteiger charge is 2.33. The summed E-state index contributed by atoms with van der Waals surface area (Å²) in [7, 11) is 0. The Hall–Kier alpha value is -2.04. The summed E-state index contributed by atoms with van der Waals surface area (Å²) >= 11 is 12.1. The van der Waals surface area contributed by atoms with Crippen LogP contribution >= 0.6 is 23.2 Å². The molecule has 1 fully saturated rings. The Morgan fingerprint density at radius 3 is 2.44 bits per heavy atom. The Labute approximate surface area is 169 Å². The van der Waals surface area contributed by atoms with Crippen molar-refractivity contribution in [2.75, 3.05) is 6.54 Å². The molecule has 0 spiro atoms. The first-order chi connectivity index (χ1) is 13.0. The monoisotopic (exact) mass is 404 g/mol. The van der Waals surface area contributed by atoms with Crippen LogP contribution in [0.5, 0.6) is 0 Å². The molecule has 0 bridgehead atoms. The van der Waals surface area contributed by atoms with E-state index in [9.17, 15) is 9.59 Å². The topological polar surface area (TPSA) is 49.4 Å². The molecule has 1 saturated heterocycles. The summed E-state index contributed by atoms with van der Waals surface area (Å²) in [6.45, 7) is 2.48. The molecule has 1 aliphatic rings. The van der Waals surface area contributed by atoms with Gasteiger partial charge in [-0.2, -0.15) is 0 Å². The Morgan fingerprint density at radius 2 is 1.78 bits per heavy atom. The average molecular weight is 405 g/mol. The average Bonchev–Trinajstić information content (AvgIpc) is 2.66. The summed E-state index contributed by atoms with van der Waals surface area (Å²) in [6.07, 6.45) is 2.27. The van der Waals surface area contributed by atoms with Crippen molar-refractivity contribution in [1.82, 2.24) is 10.2 Å². The molecule has 1 N–H and O–H groups in total. The van der Waals surface area contributed by atoms with Gasteiger partial charge in [0.2, 0.25) is 11.8 Å². The number of carbonyl (C=O) groups is 2. The smallest absolute Gasteiger partial charge is 0.247 e. The molecule has 2 unspecified atom stereocenters. The number of benzene rings is 2. The molecule has 142 valence electrons. The lowest BCUT2D eigenvalue weighted by Gasteiger charge is -2.34. The lowest BCUT2D eigenvalue weighted by atomic mass is 9.99. The van der Waals surface area contributed by atoms with Gasteiger partial charge in [0.1, 0.15) is 6.04 Å². The van der Waals surface area contributed by atoms with Crippen molar-refractivity contribution in [3.8, 4) is 0 Å². The van der Waals surface area contributed by atoms with Gasteiger partial charge in [0.05, 0.1) is 16.1 Å². The predicted molar refractivity (Wildman–Crippen MR) is 108 cm³/mol. The van der Waals surface area contributed by atoms with Gasteiger partial charge in [-0.15, -0.1) is 0 Å². The molecule has 4 nitrogen and oxygen atoms in total. The standard InChI is InChI=1S/C21H22Cl2N2O2/c1-14(16-10-11-17(22)18(23)13-16)24-21(27)20(15-7-3-2-4-8-15)25-12-6-5-9-19(25)26/h2-4,7-8,10-11,13-14,20H,5-6,9,12H2,1H3,(H,24,27). The van der Waals surface area contributed by atoms with Crippen molar-refractivity contribution in [2.45, 2.75) is 38.3 Å². The van der Waals surface area contributed by atoms with Crippen LogP contribution in [-0.4, -0.2) is 23.3 Å². The van der Waals surface area contributed by atoms with Gasteiger partial charge in [-0.1, -0.05) is 59.6 Å². The molecule has 0 aromatic heterocycles. The summed E-state index contributed by atoms with van der Waals surface area (Å²) in [6, 6.07) is 13.8. The molecule has 0 saturated carbocycles. The fourth-order valence-corrected chi connectivity index (χ4v) is 3.67. The fraction of sp³-hybridized carbons (Fsp3) is 0.333. The van der Waals surface area contributed by atoms with Crippen LogP contribution in [0.3, 0.4) is 0 Å². The minimum Gasteiger partial charge on any atom is -0.347 e. The van der Waals surface area contributed by atoms with Crippen molar-refractivity contribution in [2.24, 2.45) is 0 Å². The van der Waals surface area contributed by atoms with Gasteiger partial charge in [0.25, 0.3) is 0 Å². The van der Waals surface area contributed by atoms with Crippen LogP contribution < -0.4 is 5.32 Å². The van der Waals surface area contributed by atoms with Crippen molar-refractivity contribution < 1.29 is 9.59 Å². The summed E-state index contributed by atoms with van der Waals surface area (Å²) < 4.78 is 0. The van der Waals surface area contributed by atoms with Gasteiger partial charge < -0.3 is 10.2 Å². The highest BCUT2D eigenvalue weighted by atomic mass is 35.5. The number of nitrogens with zero attached hydrogens (tertiary/aromatic N) is 1. The summed E-state index contributed by atoms with van der Waals surface area (Å²) in [5, 5.41) is 3.94. The third-order valence-electron chi connectivity index (χ3n) is 4.84. The van der Waals surface area contributed by atoms with Gasteiger partial charge in [0, 0.05) is 13.0 Å². The fourth-order valence-electron chi connectivity index (χ4n) is 3.37. The first-order valence-electron chi connectivity index (χ1n) is 9.07. The number of hydrogen-bond acceptors (Lipinski definition) is 2. The molecule has 3 rings (SSSR count). The molecule has 2 atom stereocenters. The molecule has 0 aliphatic carbocycles. The minimum atomic E-state index is -0.635. The Bertz CT molecular complexity index is 826. The first kappa shape index (κ1) is 19.7. The maximum atomic E-state index is 13.2. The van der Waals surface area contributed by atoms with E-state index < -0.39 is 6.04 Å². The highest BCUT2D eigenvalue weighted by molar-refractivity contribution is 6.42. The second-order valence-corrected chi connectivity index (χ2v) is 7.58. The third-order valence-corrected chi connectivity index (χ3v) is 5.58. The zero-order valence-corrected chi connectivity index (χ0v) is 16.6. The highest BCUT2D eigenvalue weighted by Crippen LogP contribution is 2.28. The van der Waals surface area contributed by atoms with Crippen LogP contribution in [0.4, 0.5) is 0 Å². The Kier molecular flexibility index (Phi) is 6.40. The molecule has 1 heterocycles. The number of rotatable bonds is 5. The van der Waals surface area contributed by atoms with E-state index in [2.05, 4.69) is 5.32 Å². The van der Waals surface area contributed by atoms with Crippen molar-refractivity contribution in [3.63, 3.8) is 0 Å². The second kappa shape index (κ2) is 8.77. The molecule has 2 aromatic rings. The zero-order valence-electron chi connectivity index (χ0n) is 15.1. The largest absolute Gasteiger partial charge is 0.347 e. The predicted octanol–water partition coefficient (Wildman–Crippen LogP) is 4.92. The molecule has 2 amide bonds. The molecule has 27 heavy (non-hydrogen) atoms. The van der Waals surface area contributed by atoms with Gasteiger partial charge >= 0.3 is 0 Å². The molecule has 1 aliphatic heterocycles. The summed E-state index contributed by atoms with van der Waals surface area (Å²) in [5.74, 6) is -0.178. The number of nitrogens with one attached hydrogen (secondary N) is 1. The molecule has 2 aromatic carbocycles. The van der Waals surface area contributed by atoms with E-state index in [1.54, 1.807) is 17.0 Å². The van der Waals surface area contributed by atoms with Crippen LogP contribution in [-0.2, 0) is 9.59 Å². The van der Waals surface area contributed by atoms with Crippen LogP contribution in [0.2, 0.25) is 10.0 Å². The lowest BCUT2D eigenvalue weighted by molar-refractivity contribution is -0.143. The number of carbonyl (C=O) groups excluding carboxylic acids is 2. The minimum absolute atomic E-state index is 0.0208. The summed E-state index contributed by atoms with van der Waals surface area (Å²) in [4.78, 5) is 27.3. The molecular formula is C21H22Cl2N2O2. The lowest BCUT2D eigenvalue weighted by Crippen LogP contribution is -2.46. The van der Waals surface area contributed by atoms with Crippen molar-refractivity contribution in [3.05, 3.63) is 69.7 Å². The van der Waals surface area contributed by atoms with Gasteiger partial charge in [-0.25, -0.2) is 0 Å². The van der Waals surface area contributed by atoms with E-state index in [0.717, 1.165) is 24.0 Å². The van der Waals surface area contributed by atoms with E-state index >= 15 is 0 Å². The first-order valence-corrected chi connectivity index (χ1v) is 9.82. The quantitative estimate of drug-likeness (QED) is 0.767. The summed E-state index contributed by atoms with van der Waals surface area (Å²) in [5.41, 5.74) is 1.67. The van der Waals surface area contributed by atoms with Crippen LogP contribution in [0.1, 0.15) is 49.4 Å². The molecule has 6 heteroatoms. The van der Waals surface area contributed by atoms with E-state index in [-0.39, 0.29) is 17.9 Å². The maximum absolute atomic E-state index is 13.2. The number of halogens is 2. The normalized spacial score (nSPS) is 16.7. The molecule has 0 radical (unpaired) electrons. The number of hydrogen-bond donors (Lipinski definition) is 1. The Balaban J connectivity index is 1.84. The van der Waals surface area contributed by atoms with Crippen LogP contribution in [0.25, 0.3) is 0 Å². The van der Waals surface area contributed by atoms with E-state index in [0.29, 0.717) is 23.0 Å². The van der Waals surface area contributed by atoms with E-state index in [1.165, 1.54) is 0 Å². The number of likely N-dealkylation sites (tertiary alicyclic amines) is 1. The zero-order chi connectivity index (χ0) is 19.4. The van der Waals surface area contributed by atoms with Crippen LogP contribution in [0.15, 0.2) is 48.5 Å².